The van der Waals surface area contributed by atoms with Crippen molar-refractivity contribution in [2.24, 2.45) is 0 Å². The van der Waals surface area contributed by atoms with Crippen molar-refractivity contribution in [1.82, 2.24) is 10.1 Å². The molecule has 1 fully saturated rings. The second kappa shape index (κ2) is 4.36. The van der Waals surface area contributed by atoms with Gasteiger partial charge in [-0.05, 0) is 13.8 Å². The van der Waals surface area contributed by atoms with E-state index in [1.807, 2.05) is 25.6 Å². The van der Waals surface area contributed by atoms with Gasteiger partial charge in [0.15, 0.2) is 0 Å². The number of aryl methyl sites for hydroxylation is 2. The lowest BCUT2D eigenvalue weighted by molar-refractivity contribution is 0.291. The van der Waals surface area contributed by atoms with Crippen LogP contribution in [-0.2, 0) is 6.54 Å². The predicted octanol–water partition coefficient (Wildman–Crippen LogP) is 1.84. The first-order chi connectivity index (χ1) is 6.77. The van der Waals surface area contributed by atoms with Crippen molar-refractivity contribution in [2.45, 2.75) is 20.4 Å². The summed E-state index contributed by atoms with van der Waals surface area (Å²) in [5.41, 5.74) is 2.32. The summed E-state index contributed by atoms with van der Waals surface area (Å²) in [6.45, 7) is 7.39. The number of hydrogen-bond acceptors (Lipinski definition) is 4. The van der Waals surface area contributed by atoms with Gasteiger partial charge in [0.2, 0.25) is 0 Å². The van der Waals surface area contributed by atoms with Gasteiger partial charge in [0.1, 0.15) is 5.76 Å². The molecule has 3 nitrogen and oxygen atoms in total. The molecule has 1 saturated heterocycles. The van der Waals surface area contributed by atoms with Gasteiger partial charge >= 0.3 is 0 Å². The molecule has 2 rings (SSSR count). The third-order valence-electron chi connectivity index (χ3n) is 2.67. The summed E-state index contributed by atoms with van der Waals surface area (Å²) in [7, 11) is 0. The van der Waals surface area contributed by atoms with Crippen LogP contribution in [0.4, 0.5) is 0 Å². The van der Waals surface area contributed by atoms with Crippen molar-refractivity contribution < 1.29 is 4.52 Å². The van der Waals surface area contributed by atoms with Crippen LogP contribution < -0.4 is 0 Å². The van der Waals surface area contributed by atoms with E-state index in [9.17, 15) is 0 Å². The average Bonchev–Trinajstić information content (AvgIpc) is 2.51. The first-order valence-electron chi connectivity index (χ1n) is 4.99. The van der Waals surface area contributed by atoms with Crippen molar-refractivity contribution in [3.8, 4) is 0 Å². The Morgan fingerprint density at radius 1 is 1.36 bits per heavy atom. The molecule has 0 unspecified atom stereocenters. The van der Waals surface area contributed by atoms with Gasteiger partial charge in [-0.2, -0.15) is 11.8 Å². The molecule has 1 aliphatic heterocycles. The van der Waals surface area contributed by atoms with Crippen LogP contribution in [0.5, 0.6) is 0 Å². The summed E-state index contributed by atoms with van der Waals surface area (Å²) in [4.78, 5) is 2.48. The van der Waals surface area contributed by atoms with E-state index in [0.717, 1.165) is 18.0 Å². The maximum Gasteiger partial charge on any atom is 0.138 e. The Hall–Kier alpha value is -0.480. The van der Waals surface area contributed by atoms with Crippen LogP contribution in [0.1, 0.15) is 17.0 Å². The lowest BCUT2D eigenvalue weighted by Gasteiger charge is -2.25. The van der Waals surface area contributed by atoms with E-state index >= 15 is 0 Å². The van der Waals surface area contributed by atoms with E-state index < -0.39 is 0 Å². The highest BCUT2D eigenvalue weighted by Gasteiger charge is 2.15. The van der Waals surface area contributed by atoms with Crippen LogP contribution in [-0.4, -0.2) is 34.7 Å². The van der Waals surface area contributed by atoms with E-state index in [0.29, 0.717) is 0 Å². The smallest absolute Gasteiger partial charge is 0.138 e. The predicted molar refractivity (Wildman–Crippen MR) is 58.6 cm³/mol. The third-order valence-corrected chi connectivity index (χ3v) is 3.61. The van der Waals surface area contributed by atoms with Gasteiger partial charge in [-0.3, -0.25) is 4.90 Å². The first-order valence-corrected chi connectivity index (χ1v) is 6.14. The molecule has 1 aromatic rings. The van der Waals surface area contributed by atoms with E-state index in [1.54, 1.807) is 0 Å². The van der Waals surface area contributed by atoms with Crippen LogP contribution in [0.15, 0.2) is 4.52 Å². The zero-order valence-corrected chi connectivity index (χ0v) is 9.56. The number of aromatic nitrogens is 1. The highest BCUT2D eigenvalue weighted by atomic mass is 32.2. The van der Waals surface area contributed by atoms with Crippen molar-refractivity contribution in [2.75, 3.05) is 24.6 Å². The summed E-state index contributed by atoms with van der Waals surface area (Å²) in [5, 5.41) is 3.97. The lowest BCUT2D eigenvalue weighted by Crippen LogP contribution is -2.32. The molecule has 14 heavy (non-hydrogen) atoms. The van der Waals surface area contributed by atoms with Gasteiger partial charge in [-0.15, -0.1) is 0 Å². The lowest BCUT2D eigenvalue weighted by atomic mass is 10.2. The number of thioether (sulfide) groups is 1. The van der Waals surface area contributed by atoms with Crippen molar-refractivity contribution in [3.05, 3.63) is 17.0 Å². The first kappa shape index (κ1) is 10.1. The third kappa shape index (κ3) is 2.12. The van der Waals surface area contributed by atoms with E-state index in [-0.39, 0.29) is 0 Å². The van der Waals surface area contributed by atoms with Crippen LogP contribution in [0.2, 0.25) is 0 Å². The topological polar surface area (TPSA) is 29.3 Å². The maximum atomic E-state index is 5.15. The molecule has 0 aliphatic carbocycles. The molecule has 0 saturated carbocycles. The fourth-order valence-electron chi connectivity index (χ4n) is 1.71. The zero-order chi connectivity index (χ0) is 9.97. The Labute approximate surface area is 88.8 Å². The van der Waals surface area contributed by atoms with E-state index in [2.05, 4.69) is 10.1 Å². The van der Waals surface area contributed by atoms with Crippen LogP contribution >= 0.6 is 11.8 Å². The minimum atomic E-state index is 0.973. The highest BCUT2D eigenvalue weighted by Crippen LogP contribution is 2.17. The Kier molecular flexibility index (Phi) is 3.13. The van der Waals surface area contributed by atoms with Crippen LogP contribution in [0, 0.1) is 13.8 Å². The number of nitrogens with zero attached hydrogens (tertiary/aromatic N) is 2. The van der Waals surface area contributed by atoms with E-state index in [1.165, 1.54) is 30.2 Å². The molecule has 0 bridgehead atoms. The van der Waals surface area contributed by atoms with Gasteiger partial charge in [0, 0.05) is 36.7 Å². The quantitative estimate of drug-likeness (QED) is 0.748. The largest absolute Gasteiger partial charge is 0.361 e. The molecular formula is C10H16N2OS. The molecule has 1 aliphatic rings. The molecule has 0 spiro atoms. The van der Waals surface area contributed by atoms with E-state index in [4.69, 9.17) is 4.52 Å². The van der Waals surface area contributed by atoms with Gasteiger partial charge < -0.3 is 4.52 Å². The summed E-state index contributed by atoms with van der Waals surface area (Å²) >= 11 is 2.04. The molecule has 0 N–H and O–H groups in total. The van der Waals surface area contributed by atoms with Crippen molar-refractivity contribution in [1.29, 1.82) is 0 Å². The monoisotopic (exact) mass is 212 g/mol. The van der Waals surface area contributed by atoms with Crippen LogP contribution in [0.25, 0.3) is 0 Å². The highest BCUT2D eigenvalue weighted by molar-refractivity contribution is 7.99. The van der Waals surface area contributed by atoms with Gasteiger partial charge in [-0.1, -0.05) is 5.16 Å². The minimum absolute atomic E-state index is 0.973. The van der Waals surface area contributed by atoms with Gasteiger partial charge in [-0.25, -0.2) is 0 Å². The number of hydrogen-bond donors (Lipinski definition) is 0. The SMILES string of the molecule is Cc1noc(C)c1CN1CCSCC1. The molecular weight excluding hydrogens is 196 g/mol. The Morgan fingerprint density at radius 2 is 2.07 bits per heavy atom. The second-order valence-electron chi connectivity index (χ2n) is 3.69. The Bertz CT molecular complexity index is 286. The summed E-state index contributed by atoms with van der Waals surface area (Å²) in [6.07, 6.45) is 0. The minimum Gasteiger partial charge on any atom is -0.361 e. The molecule has 0 aromatic carbocycles. The Morgan fingerprint density at radius 3 is 2.64 bits per heavy atom. The van der Waals surface area contributed by atoms with Crippen molar-refractivity contribution in [3.63, 3.8) is 0 Å². The second-order valence-corrected chi connectivity index (χ2v) is 4.92. The molecule has 1 aromatic heterocycles. The standard InChI is InChI=1S/C10H16N2OS/c1-8-10(9(2)13-11-8)7-12-3-5-14-6-4-12/h3-7H2,1-2H3. The van der Waals surface area contributed by atoms with Crippen LogP contribution in [0.3, 0.4) is 0 Å². The fourth-order valence-corrected chi connectivity index (χ4v) is 2.69. The Balaban J connectivity index is 2.02. The summed E-state index contributed by atoms with van der Waals surface area (Å²) in [5.74, 6) is 3.48. The molecule has 2 heterocycles. The fraction of sp³-hybridized carbons (Fsp3) is 0.700. The van der Waals surface area contributed by atoms with Gasteiger partial charge in [0.05, 0.1) is 5.69 Å². The molecule has 0 atom stereocenters. The van der Waals surface area contributed by atoms with Crippen molar-refractivity contribution >= 4 is 11.8 Å². The molecule has 4 heteroatoms. The molecule has 0 radical (unpaired) electrons. The normalized spacial score (nSPS) is 18.7. The van der Waals surface area contributed by atoms with Gasteiger partial charge in [0.25, 0.3) is 0 Å². The molecule has 0 amide bonds. The zero-order valence-electron chi connectivity index (χ0n) is 8.75. The average molecular weight is 212 g/mol. The maximum absolute atomic E-state index is 5.15. The number of rotatable bonds is 2. The summed E-state index contributed by atoms with van der Waals surface area (Å²) < 4.78 is 5.15. The molecule has 78 valence electrons. The summed E-state index contributed by atoms with van der Waals surface area (Å²) in [6, 6.07) is 0.